The first-order valence-corrected chi connectivity index (χ1v) is 5.92. The van der Waals surface area contributed by atoms with Crippen molar-refractivity contribution in [2.45, 2.75) is 33.1 Å². The molecule has 94 valence electrons. The monoisotopic (exact) mass is 229 g/mol. The van der Waals surface area contributed by atoms with Crippen LogP contribution >= 0.6 is 0 Å². The van der Waals surface area contributed by atoms with Gasteiger partial charge in [-0.25, -0.2) is 0 Å². The number of hydrogen-bond acceptors (Lipinski definition) is 4. The van der Waals surface area contributed by atoms with Crippen molar-refractivity contribution >= 4 is 12.1 Å². The van der Waals surface area contributed by atoms with Gasteiger partial charge in [0.1, 0.15) is 6.21 Å². The van der Waals surface area contributed by atoms with Crippen LogP contribution in [0.25, 0.3) is 0 Å². The maximum atomic E-state index is 10.9. The van der Waals surface area contributed by atoms with Gasteiger partial charge in [-0.3, -0.25) is 4.79 Å². The number of rotatable bonds is 9. The van der Waals surface area contributed by atoms with E-state index in [-0.39, 0.29) is 5.91 Å². The highest BCUT2D eigenvalue weighted by Gasteiger charge is 2.02. The molecule has 0 spiro atoms. The molecule has 5 heteroatoms. The molecule has 2 N–H and O–H groups in total. The Hall–Kier alpha value is -1.10. The summed E-state index contributed by atoms with van der Waals surface area (Å²) < 4.78 is 0. The van der Waals surface area contributed by atoms with Gasteiger partial charge >= 0.3 is 0 Å². The highest BCUT2D eigenvalue weighted by Crippen LogP contribution is 1.95. The number of amides is 1. The summed E-state index contributed by atoms with van der Waals surface area (Å²) in [5.41, 5.74) is 0. The topological polar surface area (TPSA) is 64.9 Å². The SMILES string of the molecule is CCCN(CCC)CCCNC(=O)C=NO. The van der Waals surface area contributed by atoms with Gasteiger partial charge in [0.15, 0.2) is 0 Å². The molecule has 0 bridgehead atoms. The largest absolute Gasteiger partial charge is 0.411 e. The molecule has 0 radical (unpaired) electrons. The molecule has 0 aromatic rings. The molecule has 0 rings (SSSR count). The molecule has 16 heavy (non-hydrogen) atoms. The van der Waals surface area contributed by atoms with Crippen LogP contribution in [0, 0.1) is 0 Å². The summed E-state index contributed by atoms with van der Waals surface area (Å²) in [5, 5.41) is 13.4. The van der Waals surface area contributed by atoms with Crippen molar-refractivity contribution in [1.82, 2.24) is 10.2 Å². The normalized spacial score (nSPS) is 11.2. The van der Waals surface area contributed by atoms with Crippen molar-refractivity contribution in [3.05, 3.63) is 0 Å². The fourth-order valence-electron chi connectivity index (χ4n) is 1.58. The minimum Gasteiger partial charge on any atom is -0.411 e. The smallest absolute Gasteiger partial charge is 0.265 e. The summed E-state index contributed by atoms with van der Waals surface area (Å²) in [7, 11) is 0. The molecule has 0 aliphatic rings. The van der Waals surface area contributed by atoms with E-state index < -0.39 is 0 Å². The number of hydrogen-bond donors (Lipinski definition) is 2. The third-order valence-electron chi connectivity index (χ3n) is 2.21. The average molecular weight is 229 g/mol. The zero-order valence-electron chi connectivity index (χ0n) is 10.3. The molecule has 0 saturated carbocycles. The van der Waals surface area contributed by atoms with Crippen LogP contribution in [0.4, 0.5) is 0 Å². The lowest BCUT2D eigenvalue weighted by Crippen LogP contribution is -2.31. The Morgan fingerprint density at radius 3 is 2.44 bits per heavy atom. The fraction of sp³-hybridized carbons (Fsp3) is 0.818. The van der Waals surface area contributed by atoms with E-state index in [0.29, 0.717) is 6.54 Å². The van der Waals surface area contributed by atoms with Gasteiger partial charge in [-0.1, -0.05) is 19.0 Å². The van der Waals surface area contributed by atoms with E-state index in [4.69, 9.17) is 5.21 Å². The van der Waals surface area contributed by atoms with Crippen LogP contribution in [0.15, 0.2) is 5.16 Å². The molecule has 0 heterocycles. The molecule has 1 amide bonds. The Kier molecular flexibility index (Phi) is 9.70. The van der Waals surface area contributed by atoms with E-state index in [1.54, 1.807) is 0 Å². The quantitative estimate of drug-likeness (QED) is 0.269. The average Bonchev–Trinajstić information content (AvgIpc) is 2.25. The molecule has 0 aromatic carbocycles. The van der Waals surface area contributed by atoms with Crippen molar-refractivity contribution in [1.29, 1.82) is 0 Å². The van der Waals surface area contributed by atoms with Gasteiger partial charge in [-0.2, -0.15) is 0 Å². The summed E-state index contributed by atoms with van der Waals surface area (Å²) in [6, 6.07) is 0. The lowest BCUT2D eigenvalue weighted by molar-refractivity contribution is -0.114. The van der Waals surface area contributed by atoms with E-state index in [0.717, 1.165) is 45.1 Å². The third kappa shape index (κ3) is 8.23. The van der Waals surface area contributed by atoms with E-state index in [1.165, 1.54) is 0 Å². The predicted molar refractivity (Wildman–Crippen MR) is 64.9 cm³/mol. The first-order valence-electron chi connectivity index (χ1n) is 5.92. The summed E-state index contributed by atoms with van der Waals surface area (Å²) in [6.07, 6.45) is 4.11. The van der Waals surface area contributed by atoms with Crippen LogP contribution in [0.2, 0.25) is 0 Å². The molecule has 0 saturated heterocycles. The lowest BCUT2D eigenvalue weighted by Gasteiger charge is -2.20. The van der Waals surface area contributed by atoms with Crippen molar-refractivity contribution < 1.29 is 10.0 Å². The van der Waals surface area contributed by atoms with Gasteiger partial charge in [0.25, 0.3) is 5.91 Å². The Morgan fingerprint density at radius 2 is 1.94 bits per heavy atom. The van der Waals surface area contributed by atoms with E-state index >= 15 is 0 Å². The summed E-state index contributed by atoms with van der Waals surface area (Å²) in [6.45, 7) is 8.18. The van der Waals surface area contributed by atoms with Gasteiger partial charge in [-0.05, 0) is 38.9 Å². The molecule has 0 fully saturated rings. The summed E-state index contributed by atoms with van der Waals surface area (Å²) >= 11 is 0. The van der Waals surface area contributed by atoms with Crippen molar-refractivity contribution in [3.8, 4) is 0 Å². The fourth-order valence-corrected chi connectivity index (χ4v) is 1.58. The predicted octanol–water partition coefficient (Wildman–Crippen LogP) is 1.07. The molecule has 0 aliphatic heterocycles. The van der Waals surface area contributed by atoms with Gasteiger partial charge in [-0.15, -0.1) is 0 Å². The van der Waals surface area contributed by atoms with Crippen LogP contribution in [0.3, 0.4) is 0 Å². The number of carbonyl (C=O) groups is 1. The van der Waals surface area contributed by atoms with E-state index in [1.807, 2.05) is 0 Å². The standard InChI is InChI=1S/C11H23N3O2/c1-3-7-14(8-4-2)9-5-6-12-11(15)10-13-16/h10,16H,3-9H2,1-2H3,(H,12,15). The van der Waals surface area contributed by atoms with Crippen LogP contribution in [0.5, 0.6) is 0 Å². The summed E-state index contributed by atoms with van der Waals surface area (Å²) in [5.74, 6) is -0.347. The van der Waals surface area contributed by atoms with Gasteiger partial charge < -0.3 is 15.4 Å². The second-order valence-electron chi connectivity index (χ2n) is 3.73. The number of nitrogens with one attached hydrogen (secondary N) is 1. The highest BCUT2D eigenvalue weighted by molar-refractivity contribution is 6.25. The lowest BCUT2D eigenvalue weighted by atomic mass is 10.3. The van der Waals surface area contributed by atoms with Gasteiger partial charge in [0.05, 0.1) is 0 Å². The number of oxime groups is 1. The Morgan fingerprint density at radius 1 is 1.31 bits per heavy atom. The summed E-state index contributed by atoms with van der Waals surface area (Å²) in [4.78, 5) is 13.3. The van der Waals surface area contributed by atoms with Crippen molar-refractivity contribution in [3.63, 3.8) is 0 Å². The first kappa shape index (κ1) is 14.9. The molecule has 0 unspecified atom stereocenters. The molecular formula is C11H23N3O2. The first-order chi connectivity index (χ1) is 7.74. The third-order valence-corrected chi connectivity index (χ3v) is 2.21. The van der Waals surface area contributed by atoms with Crippen LogP contribution in [0.1, 0.15) is 33.1 Å². The van der Waals surface area contributed by atoms with Crippen LogP contribution in [-0.4, -0.2) is 48.4 Å². The second kappa shape index (κ2) is 10.4. The van der Waals surface area contributed by atoms with Crippen LogP contribution in [-0.2, 0) is 4.79 Å². The molecule has 5 nitrogen and oxygen atoms in total. The Labute approximate surface area is 97.5 Å². The molecule has 0 aliphatic carbocycles. The molecular weight excluding hydrogens is 206 g/mol. The van der Waals surface area contributed by atoms with Gasteiger partial charge in [0.2, 0.25) is 0 Å². The number of carbonyl (C=O) groups excluding carboxylic acids is 1. The zero-order valence-corrected chi connectivity index (χ0v) is 10.3. The van der Waals surface area contributed by atoms with E-state index in [9.17, 15) is 4.79 Å². The zero-order chi connectivity index (χ0) is 12.2. The van der Waals surface area contributed by atoms with Crippen molar-refractivity contribution in [2.75, 3.05) is 26.2 Å². The Bertz CT molecular complexity index is 201. The maximum absolute atomic E-state index is 10.9. The van der Waals surface area contributed by atoms with Crippen molar-refractivity contribution in [2.24, 2.45) is 5.16 Å². The van der Waals surface area contributed by atoms with E-state index in [2.05, 4.69) is 29.2 Å². The highest BCUT2D eigenvalue weighted by atomic mass is 16.4. The van der Waals surface area contributed by atoms with Gasteiger partial charge in [0, 0.05) is 6.54 Å². The molecule has 0 atom stereocenters. The minimum atomic E-state index is -0.347. The second-order valence-corrected chi connectivity index (χ2v) is 3.73. The molecule has 0 aromatic heterocycles. The minimum absolute atomic E-state index is 0.347. The maximum Gasteiger partial charge on any atom is 0.265 e. The number of nitrogens with zero attached hydrogens (tertiary/aromatic N) is 2. The van der Waals surface area contributed by atoms with Crippen LogP contribution < -0.4 is 5.32 Å². The Balaban J connectivity index is 3.57.